The van der Waals surface area contributed by atoms with Crippen LogP contribution >= 0.6 is 0 Å². The molecule has 1 fully saturated rings. The molecule has 0 amide bonds. The van der Waals surface area contributed by atoms with Crippen molar-refractivity contribution in [3.8, 4) is 0 Å². The molecule has 100 valence electrons. The highest BCUT2D eigenvalue weighted by Crippen LogP contribution is 2.21. The molecule has 3 unspecified atom stereocenters. The average Bonchev–Trinajstić information content (AvgIpc) is 2.41. The van der Waals surface area contributed by atoms with Gasteiger partial charge in [0.2, 0.25) is 0 Å². The summed E-state index contributed by atoms with van der Waals surface area (Å²) in [5.74, 6) is 0. The lowest BCUT2D eigenvalue weighted by atomic mass is 10.1. The van der Waals surface area contributed by atoms with Crippen molar-refractivity contribution in [2.75, 3.05) is 20.3 Å². The van der Waals surface area contributed by atoms with Gasteiger partial charge >= 0.3 is 0 Å². The summed E-state index contributed by atoms with van der Waals surface area (Å²) in [7, 11) is 0.925. The van der Waals surface area contributed by atoms with E-state index in [1.165, 1.54) is 11.1 Å². The first-order chi connectivity index (χ1) is 8.63. The Morgan fingerprint density at radius 2 is 2.11 bits per heavy atom. The third-order valence-electron chi connectivity index (χ3n) is 3.66. The molecule has 0 saturated carbocycles. The minimum Gasteiger partial charge on any atom is -0.380 e. The van der Waals surface area contributed by atoms with Crippen LogP contribution in [0.2, 0.25) is 0 Å². The Morgan fingerprint density at radius 1 is 1.33 bits per heavy atom. The molecule has 2 rings (SSSR count). The van der Waals surface area contributed by atoms with Crippen LogP contribution in [0.5, 0.6) is 0 Å². The lowest BCUT2D eigenvalue weighted by Crippen LogP contribution is -2.47. The van der Waals surface area contributed by atoms with Crippen LogP contribution in [0.25, 0.3) is 0 Å². The monoisotopic (exact) mass is 267 g/mol. The van der Waals surface area contributed by atoms with Crippen molar-refractivity contribution in [1.82, 2.24) is 5.32 Å². The highest BCUT2D eigenvalue weighted by molar-refractivity contribution is 7.85. The standard InChI is InChI=1S/C14H21NO2S/c1-10-4-5-12(8-11(10)2)18(16)14-9-17-7-6-13(14)15-3/h4-5,8,13-15H,6-7,9H2,1-3H3. The maximum Gasteiger partial charge on any atom is 0.0781 e. The van der Waals surface area contributed by atoms with Gasteiger partial charge in [-0.2, -0.15) is 0 Å². The normalized spacial score (nSPS) is 25.9. The molecule has 0 bridgehead atoms. The Hall–Kier alpha value is -0.710. The third-order valence-corrected chi connectivity index (χ3v) is 5.39. The van der Waals surface area contributed by atoms with Crippen molar-refractivity contribution in [1.29, 1.82) is 0 Å². The molecule has 1 N–H and O–H groups in total. The van der Waals surface area contributed by atoms with Crippen LogP contribution in [-0.4, -0.2) is 35.8 Å². The van der Waals surface area contributed by atoms with Gasteiger partial charge in [-0.3, -0.25) is 4.21 Å². The van der Waals surface area contributed by atoms with Gasteiger partial charge in [0.15, 0.2) is 0 Å². The molecular formula is C14H21NO2S. The second-order valence-corrected chi connectivity index (χ2v) is 6.51. The van der Waals surface area contributed by atoms with E-state index in [1.807, 2.05) is 25.2 Å². The van der Waals surface area contributed by atoms with Gasteiger partial charge in [-0.05, 0) is 50.6 Å². The topological polar surface area (TPSA) is 38.3 Å². The van der Waals surface area contributed by atoms with E-state index in [0.717, 1.165) is 17.9 Å². The summed E-state index contributed by atoms with van der Waals surface area (Å²) < 4.78 is 18.1. The molecule has 3 nitrogen and oxygen atoms in total. The summed E-state index contributed by atoms with van der Waals surface area (Å²) in [5, 5.41) is 3.30. The Balaban J connectivity index is 2.21. The zero-order valence-electron chi connectivity index (χ0n) is 11.2. The van der Waals surface area contributed by atoms with E-state index in [2.05, 4.69) is 19.2 Å². The van der Waals surface area contributed by atoms with Crippen molar-refractivity contribution in [3.63, 3.8) is 0 Å². The summed E-state index contributed by atoms with van der Waals surface area (Å²) in [6, 6.07) is 6.33. The molecule has 0 spiro atoms. The largest absolute Gasteiger partial charge is 0.380 e. The van der Waals surface area contributed by atoms with Crippen LogP contribution in [0.4, 0.5) is 0 Å². The average molecular weight is 267 g/mol. The fourth-order valence-electron chi connectivity index (χ4n) is 2.27. The van der Waals surface area contributed by atoms with E-state index in [-0.39, 0.29) is 11.3 Å². The zero-order chi connectivity index (χ0) is 13.1. The van der Waals surface area contributed by atoms with Crippen LogP contribution < -0.4 is 5.32 Å². The number of nitrogens with one attached hydrogen (secondary N) is 1. The molecule has 0 aliphatic carbocycles. The van der Waals surface area contributed by atoms with E-state index in [4.69, 9.17) is 4.74 Å². The molecular weight excluding hydrogens is 246 g/mol. The zero-order valence-corrected chi connectivity index (χ0v) is 12.0. The van der Waals surface area contributed by atoms with E-state index in [0.29, 0.717) is 6.61 Å². The van der Waals surface area contributed by atoms with Crippen LogP contribution in [0.15, 0.2) is 23.1 Å². The number of aryl methyl sites for hydroxylation is 2. The van der Waals surface area contributed by atoms with Gasteiger partial charge in [0, 0.05) is 17.5 Å². The Bertz CT molecular complexity index is 447. The van der Waals surface area contributed by atoms with Crippen molar-refractivity contribution >= 4 is 10.8 Å². The van der Waals surface area contributed by atoms with Crippen molar-refractivity contribution in [3.05, 3.63) is 29.3 Å². The number of ether oxygens (including phenoxy) is 1. The predicted octanol–water partition coefficient (Wildman–Crippen LogP) is 1.79. The molecule has 3 atom stereocenters. The molecule has 4 heteroatoms. The lowest BCUT2D eigenvalue weighted by molar-refractivity contribution is 0.0838. The molecule has 1 aliphatic rings. The van der Waals surface area contributed by atoms with Gasteiger partial charge in [-0.15, -0.1) is 0 Å². The van der Waals surface area contributed by atoms with Crippen molar-refractivity contribution in [2.45, 2.75) is 36.5 Å². The first kappa shape index (κ1) is 13.7. The van der Waals surface area contributed by atoms with E-state index in [9.17, 15) is 4.21 Å². The van der Waals surface area contributed by atoms with Gasteiger partial charge in [0.25, 0.3) is 0 Å². The number of hydrogen-bond acceptors (Lipinski definition) is 3. The molecule has 1 aliphatic heterocycles. The summed E-state index contributed by atoms with van der Waals surface area (Å²) in [4.78, 5) is 0.911. The van der Waals surface area contributed by atoms with E-state index in [1.54, 1.807) is 0 Å². The van der Waals surface area contributed by atoms with Gasteiger partial charge in [0.1, 0.15) is 0 Å². The molecule has 1 aromatic rings. The first-order valence-corrected chi connectivity index (χ1v) is 7.57. The van der Waals surface area contributed by atoms with Crippen molar-refractivity contribution in [2.24, 2.45) is 0 Å². The summed E-state index contributed by atoms with van der Waals surface area (Å²) in [6.07, 6.45) is 0.928. The highest BCUT2D eigenvalue weighted by Gasteiger charge is 2.30. The van der Waals surface area contributed by atoms with E-state index < -0.39 is 10.8 Å². The molecule has 1 heterocycles. The van der Waals surface area contributed by atoms with Crippen LogP contribution in [0.1, 0.15) is 17.5 Å². The highest BCUT2D eigenvalue weighted by atomic mass is 32.2. The maximum atomic E-state index is 12.6. The minimum absolute atomic E-state index is 0.0471. The molecule has 18 heavy (non-hydrogen) atoms. The third kappa shape index (κ3) is 2.82. The predicted molar refractivity (Wildman–Crippen MR) is 74.4 cm³/mol. The van der Waals surface area contributed by atoms with Gasteiger partial charge < -0.3 is 10.1 Å². The number of rotatable bonds is 3. The Morgan fingerprint density at radius 3 is 2.78 bits per heavy atom. The van der Waals surface area contributed by atoms with Crippen LogP contribution in [0, 0.1) is 13.8 Å². The van der Waals surface area contributed by atoms with Gasteiger partial charge in [0.05, 0.1) is 22.7 Å². The van der Waals surface area contributed by atoms with E-state index >= 15 is 0 Å². The fourth-order valence-corrected chi connectivity index (χ4v) is 3.90. The Labute approximate surface area is 111 Å². The summed E-state index contributed by atoms with van der Waals surface area (Å²) in [6.45, 7) is 5.46. The Kier molecular flexibility index (Phi) is 4.54. The SMILES string of the molecule is CNC1CCOCC1S(=O)c1ccc(C)c(C)c1. The smallest absolute Gasteiger partial charge is 0.0781 e. The maximum absolute atomic E-state index is 12.6. The van der Waals surface area contributed by atoms with Crippen molar-refractivity contribution < 1.29 is 8.95 Å². The number of benzene rings is 1. The number of hydrogen-bond donors (Lipinski definition) is 1. The van der Waals surface area contributed by atoms with Crippen LogP contribution in [0.3, 0.4) is 0 Å². The second-order valence-electron chi connectivity index (χ2n) is 4.84. The van der Waals surface area contributed by atoms with Gasteiger partial charge in [-0.25, -0.2) is 0 Å². The summed E-state index contributed by atoms with van der Waals surface area (Å²) in [5.41, 5.74) is 2.43. The lowest BCUT2D eigenvalue weighted by Gasteiger charge is -2.30. The summed E-state index contributed by atoms with van der Waals surface area (Å²) >= 11 is 0. The molecule has 0 radical (unpaired) electrons. The molecule has 0 aromatic heterocycles. The fraction of sp³-hybridized carbons (Fsp3) is 0.571. The van der Waals surface area contributed by atoms with Gasteiger partial charge in [-0.1, -0.05) is 6.07 Å². The molecule has 1 aromatic carbocycles. The first-order valence-electron chi connectivity index (χ1n) is 6.36. The molecule has 1 saturated heterocycles. The second kappa shape index (κ2) is 5.95. The quantitative estimate of drug-likeness (QED) is 0.907. The van der Waals surface area contributed by atoms with Crippen LogP contribution in [-0.2, 0) is 15.5 Å². The minimum atomic E-state index is -1.01.